The first kappa shape index (κ1) is 10.9. The number of anilines is 1. The van der Waals surface area contributed by atoms with Crippen LogP contribution in [0.2, 0.25) is 0 Å². The molecule has 1 fully saturated rings. The van der Waals surface area contributed by atoms with Gasteiger partial charge < -0.3 is 14.7 Å². The summed E-state index contributed by atoms with van der Waals surface area (Å²) in [6.07, 6.45) is 2.23. The Morgan fingerprint density at radius 3 is 2.73 bits per heavy atom. The molecule has 0 bridgehead atoms. The smallest absolute Gasteiger partial charge is 0.185 e. The van der Waals surface area contributed by atoms with Crippen LogP contribution in [0.4, 0.5) is 5.13 Å². The highest BCUT2D eigenvalue weighted by Crippen LogP contribution is 2.25. The van der Waals surface area contributed by atoms with E-state index < -0.39 is 0 Å². The molecular weight excluding hydrogens is 212 g/mol. The Bertz CT molecular complexity index is 319. The zero-order chi connectivity index (χ0) is 10.8. The average molecular weight is 228 g/mol. The lowest BCUT2D eigenvalue weighted by molar-refractivity contribution is -0.00522. The number of aliphatic hydroxyl groups excluding tert-OH is 1. The first-order valence-electron chi connectivity index (χ1n) is 5.15. The van der Waals surface area contributed by atoms with E-state index in [-0.39, 0.29) is 18.8 Å². The quantitative estimate of drug-likeness (QED) is 0.827. The molecule has 2 unspecified atom stereocenters. The molecule has 2 heterocycles. The van der Waals surface area contributed by atoms with Crippen molar-refractivity contribution in [3.63, 3.8) is 0 Å². The SMILES string of the molecule is CC1CN(c2ncc(CO)s2)CC(C)O1. The summed E-state index contributed by atoms with van der Waals surface area (Å²) < 4.78 is 5.66. The fraction of sp³-hybridized carbons (Fsp3) is 0.700. The third-order valence-electron chi connectivity index (χ3n) is 2.39. The van der Waals surface area contributed by atoms with Crippen LogP contribution in [0.15, 0.2) is 6.20 Å². The van der Waals surface area contributed by atoms with Crippen LogP contribution in [0.1, 0.15) is 18.7 Å². The van der Waals surface area contributed by atoms with Crippen LogP contribution in [-0.4, -0.2) is 35.4 Å². The van der Waals surface area contributed by atoms with Crippen LogP contribution in [0.3, 0.4) is 0 Å². The van der Waals surface area contributed by atoms with Crippen LogP contribution in [0.25, 0.3) is 0 Å². The van der Waals surface area contributed by atoms with Crippen molar-refractivity contribution in [2.75, 3.05) is 18.0 Å². The van der Waals surface area contributed by atoms with Crippen LogP contribution in [0, 0.1) is 0 Å². The van der Waals surface area contributed by atoms with Crippen molar-refractivity contribution >= 4 is 16.5 Å². The lowest BCUT2D eigenvalue weighted by Gasteiger charge is -2.35. The molecule has 0 aliphatic carbocycles. The molecule has 4 nitrogen and oxygen atoms in total. The molecule has 1 aromatic rings. The Kier molecular flexibility index (Phi) is 3.23. The van der Waals surface area contributed by atoms with E-state index >= 15 is 0 Å². The second-order valence-corrected chi connectivity index (χ2v) is 5.02. The maximum Gasteiger partial charge on any atom is 0.185 e. The summed E-state index contributed by atoms with van der Waals surface area (Å²) in [6.45, 7) is 5.98. The van der Waals surface area contributed by atoms with Gasteiger partial charge in [-0.05, 0) is 13.8 Å². The highest BCUT2D eigenvalue weighted by molar-refractivity contribution is 7.15. The predicted octanol–water partition coefficient (Wildman–Crippen LogP) is 1.25. The molecule has 15 heavy (non-hydrogen) atoms. The number of ether oxygens (including phenoxy) is 1. The largest absolute Gasteiger partial charge is 0.391 e. The lowest BCUT2D eigenvalue weighted by atomic mass is 10.2. The molecular formula is C10H16N2O2S. The minimum Gasteiger partial charge on any atom is -0.391 e. The molecule has 0 saturated carbocycles. The molecule has 84 valence electrons. The third kappa shape index (κ3) is 2.48. The van der Waals surface area contributed by atoms with Crippen LogP contribution >= 0.6 is 11.3 Å². The minimum atomic E-state index is 0.0765. The zero-order valence-electron chi connectivity index (χ0n) is 9.01. The summed E-state index contributed by atoms with van der Waals surface area (Å²) in [6, 6.07) is 0. The van der Waals surface area contributed by atoms with Gasteiger partial charge in [0, 0.05) is 19.3 Å². The van der Waals surface area contributed by atoms with Gasteiger partial charge in [-0.15, -0.1) is 0 Å². The van der Waals surface area contributed by atoms with Gasteiger partial charge in [0.25, 0.3) is 0 Å². The molecule has 1 saturated heterocycles. The molecule has 2 rings (SSSR count). The number of rotatable bonds is 2. The van der Waals surface area contributed by atoms with E-state index in [9.17, 15) is 0 Å². The fourth-order valence-electron chi connectivity index (χ4n) is 1.85. The summed E-state index contributed by atoms with van der Waals surface area (Å²) in [5.74, 6) is 0. The van der Waals surface area contributed by atoms with Gasteiger partial charge in [0.2, 0.25) is 0 Å². The number of aromatic nitrogens is 1. The molecule has 0 radical (unpaired) electrons. The summed E-state index contributed by atoms with van der Waals surface area (Å²) in [4.78, 5) is 7.45. The zero-order valence-corrected chi connectivity index (χ0v) is 9.83. The Labute approximate surface area is 93.5 Å². The van der Waals surface area contributed by atoms with Gasteiger partial charge in [-0.1, -0.05) is 11.3 Å². The highest BCUT2D eigenvalue weighted by Gasteiger charge is 2.23. The molecule has 0 aromatic carbocycles. The highest BCUT2D eigenvalue weighted by atomic mass is 32.1. The van der Waals surface area contributed by atoms with Gasteiger partial charge >= 0.3 is 0 Å². The number of nitrogens with zero attached hydrogens (tertiary/aromatic N) is 2. The lowest BCUT2D eigenvalue weighted by Crippen LogP contribution is -2.45. The van der Waals surface area contributed by atoms with Crippen molar-refractivity contribution in [1.29, 1.82) is 0 Å². The van der Waals surface area contributed by atoms with Crippen LogP contribution < -0.4 is 4.90 Å². The van der Waals surface area contributed by atoms with Crippen molar-refractivity contribution in [2.45, 2.75) is 32.7 Å². The number of hydrogen-bond acceptors (Lipinski definition) is 5. The maximum atomic E-state index is 8.98. The molecule has 5 heteroatoms. The maximum absolute atomic E-state index is 8.98. The molecule has 1 aliphatic rings. The van der Waals surface area contributed by atoms with E-state index in [1.165, 1.54) is 0 Å². The summed E-state index contributed by atoms with van der Waals surface area (Å²) in [5.41, 5.74) is 0. The van der Waals surface area contributed by atoms with Gasteiger partial charge in [-0.25, -0.2) is 4.98 Å². The van der Waals surface area contributed by atoms with Gasteiger partial charge in [0.05, 0.1) is 23.7 Å². The van der Waals surface area contributed by atoms with Crippen molar-refractivity contribution < 1.29 is 9.84 Å². The Morgan fingerprint density at radius 2 is 2.20 bits per heavy atom. The molecule has 0 spiro atoms. The minimum absolute atomic E-state index is 0.0765. The fourth-order valence-corrected chi connectivity index (χ4v) is 2.64. The van der Waals surface area contributed by atoms with Crippen molar-refractivity contribution in [1.82, 2.24) is 4.98 Å². The molecule has 0 amide bonds. The first-order chi connectivity index (χ1) is 7.19. The number of hydrogen-bond donors (Lipinski definition) is 1. The summed E-state index contributed by atoms with van der Waals surface area (Å²) in [7, 11) is 0. The van der Waals surface area contributed by atoms with Crippen molar-refractivity contribution in [3.8, 4) is 0 Å². The van der Waals surface area contributed by atoms with E-state index in [1.54, 1.807) is 17.5 Å². The third-order valence-corrected chi connectivity index (χ3v) is 3.43. The number of morpholine rings is 1. The molecule has 1 aliphatic heterocycles. The normalized spacial score (nSPS) is 27.0. The summed E-state index contributed by atoms with van der Waals surface area (Å²) >= 11 is 1.55. The van der Waals surface area contributed by atoms with E-state index in [0.717, 1.165) is 23.1 Å². The van der Waals surface area contributed by atoms with E-state index in [0.29, 0.717) is 0 Å². The molecule has 2 atom stereocenters. The molecule has 1 aromatic heterocycles. The van der Waals surface area contributed by atoms with Crippen LogP contribution in [0.5, 0.6) is 0 Å². The predicted molar refractivity (Wildman–Crippen MR) is 60.3 cm³/mol. The topological polar surface area (TPSA) is 45.6 Å². The van der Waals surface area contributed by atoms with Crippen molar-refractivity contribution in [3.05, 3.63) is 11.1 Å². The van der Waals surface area contributed by atoms with Gasteiger partial charge in [-0.3, -0.25) is 0 Å². The standard InChI is InChI=1S/C10H16N2O2S/c1-7-4-12(5-8(2)14-7)10-11-3-9(6-13)15-10/h3,7-8,13H,4-6H2,1-2H3. The Balaban J connectivity index is 2.09. The van der Waals surface area contributed by atoms with E-state index in [4.69, 9.17) is 9.84 Å². The van der Waals surface area contributed by atoms with Crippen molar-refractivity contribution in [2.24, 2.45) is 0 Å². The van der Waals surface area contributed by atoms with Crippen LogP contribution in [-0.2, 0) is 11.3 Å². The number of aliphatic hydroxyl groups is 1. The summed E-state index contributed by atoms with van der Waals surface area (Å²) in [5, 5.41) is 9.97. The van der Waals surface area contributed by atoms with Gasteiger partial charge in [-0.2, -0.15) is 0 Å². The number of thiazole rings is 1. The average Bonchev–Trinajstić information content (AvgIpc) is 2.64. The Hall–Kier alpha value is -0.650. The molecule has 1 N–H and O–H groups in total. The van der Waals surface area contributed by atoms with E-state index in [1.807, 2.05) is 0 Å². The monoisotopic (exact) mass is 228 g/mol. The van der Waals surface area contributed by atoms with Gasteiger partial charge in [0.1, 0.15) is 0 Å². The van der Waals surface area contributed by atoms with E-state index in [2.05, 4.69) is 23.7 Å². The van der Waals surface area contributed by atoms with Gasteiger partial charge in [0.15, 0.2) is 5.13 Å². The second kappa shape index (κ2) is 4.47. The second-order valence-electron chi connectivity index (χ2n) is 3.93. The Morgan fingerprint density at radius 1 is 1.53 bits per heavy atom. The first-order valence-corrected chi connectivity index (χ1v) is 5.96.